The summed E-state index contributed by atoms with van der Waals surface area (Å²) < 4.78 is 0. The van der Waals surface area contributed by atoms with Crippen LogP contribution in [0.15, 0.2) is 23.8 Å². The molecule has 0 N–H and O–H groups in total. The van der Waals surface area contributed by atoms with E-state index < -0.39 is 0 Å². The van der Waals surface area contributed by atoms with Crippen LogP contribution in [0.5, 0.6) is 0 Å². The molecular weight excluding hydrogens is 176 g/mol. The van der Waals surface area contributed by atoms with E-state index in [0.717, 1.165) is 11.8 Å². The van der Waals surface area contributed by atoms with Gasteiger partial charge in [-0.25, -0.2) is 0 Å². The van der Waals surface area contributed by atoms with Crippen LogP contribution < -0.4 is 0 Å². The highest BCUT2D eigenvalue weighted by molar-refractivity contribution is 9.09. The Hall–Kier alpha value is -0.0400. The van der Waals surface area contributed by atoms with Gasteiger partial charge >= 0.3 is 0 Å². The monoisotopic (exact) mass is 186 g/mol. The van der Waals surface area contributed by atoms with Crippen molar-refractivity contribution in [2.45, 2.75) is 19.3 Å². The Balaban J connectivity index is 2.19. The number of alkyl halides is 1. The van der Waals surface area contributed by atoms with E-state index in [1.165, 1.54) is 18.4 Å². The second kappa shape index (κ2) is 3.89. The maximum atomic E-state index is 3.41. The van der Waals surface area contributed by atoms with Gasteiger partial charge in [-0.05, 0) is 19.3 Å². The van der Waals surface area contributed by atoms with E-state index in [9.17, 15) is 0 Å². The summed E-state index contributed by atoms with van der Waals surface area (Å²) in [7, 11) is 0. The lowest BCUT2D eigenvalue weighted by Gasteiger charge is -1.93. The third-order valence-corrected chi connectivity index (χ3v) is 2.01. The molecule has 0 aromatic carbocycles. The molecule has 0 aromatic heterocycles. The second-order valence-corrected chi connectivity index (χ2v) is 3.00. The molecule has 1 aliphatic carbocycles. The van der Waals surface area contributed by atoms with Gasteiger partial charge in [0.1, 0.15) is 0 Å². The van der Waals surface area contributed by atoms with Gasteiger partial charge < -0.3 is 0 Å². The molecule has 0 saturated carbocycles. The molecule has 0 aliphatic heterocycles. The smallest absolute Gasteiger partial charge is 0.00344 e. The summed E-state index contributed by atoms with van der Waals surface area (Å²) in [4.78, 5) is 0. The molecular formula is C8H11Br. The molecule has 1 aliphatic rings. The number of rotatable bonds is 3. The lowest BCUT2D eigenvalue weighted by Crippen LogP contribution is -1.77. The summed E-state index contributed by atoms with van der Waals surface area (Å²) in [5.74, 6) is 0. The first-order chi connectivity index (χ1) is 4.43. The van der Waals surface area contributed by atoms with Crippen LogP contribution in [0.4, 0.5) is 0 Å². The fraction of sp³-hybridized carbons (Fsp3) is 0.500. The topological polar surface area (TPSA) is 0 Å². The third-order valence-electron chi connectivity index (χ3n) is 1.45. The molecule has 1 rings (SSSR count). The van der Waals surface area contributed by atoms with Gasteiger partial charge in [0.2, 0.25) is 0 Å². The first-order valence-corrected chi connectivity index (χ1v) is 4.47. The van der Waals surface area contributed by atoms with Gasteiger partial charge in [0.15, 0.2) is 0 Å². The minimum atomic E-state index is 1.12. The van der Waals surface area contributed by atoms with Crippen LogP contribution in [-0.2, 0) is 0 Å². The van der Waals surface area contributed by atoms with Crippen LogP contribution >= 0.6 is 15.9 Å². The van der Waals surface area contributed by atoms with Gasteiger partial charge in [-0.2, -0.15) is 0 Å². The van der Waals surface area contributed by atoms with E-state index in [1.807, 2.05) is 0 Å². The Morgan fingerprint density at radius 1 is 1.56 bits per heavy atom. The maximum Gasteiger partial charge on any atom is 0.00344 e. The summed E-state index contributed by atoms with van der Waals surface area (Å²) in [6.45, 7) is 0. The van der Waals surface area contributed by atoms with Crippen molar-refractivity contribution in [2.75, 3.05) is 5.33 Å². The minimum absolute atomic E-state index is 1.12. The van der Waals surface area contributed by atoms with E-state index in [2.05, 4.69) is 34.2 Å². The normalized spacial score (nSPS) is 16.3. The Kier molecular flexibility index (Phi) is 3.05. The van der Waals surface area contributed by atoms with Crippen molar-refractivity contribution in [3.8, 4) is 0 Å². The van der Waals surface area contributed by atoms with E-state index in [4.69, 9.17) is 0 Å². The highest BCUT2D eigenvalue weighted by Gasteiger charge is 1.95. The van der Waals surface area contributed by atoms with E-state index >= 15 is 0 Å². The zero-order valence-corrected chi connectivity index (χ0v) is 7.02. The summed E-state index contributed by atoms with van der Waals surface area (Å²) in [6, 6.07) is 0. The van der Waals surface area contributed by atoms with Crippen molar-refractivity contribution in [2.24, 2.45) is 0 Å². The number of halogens is 1. The zero-order chi connectivity index (χ0) is 6.53. The fourth-order valence-corrected chi connectivity index (χ4v) is 1.24. The summed E-state index contributed by atoms with van der Waals surface area (Å²) in [6.07, 6.45) is 10.4. The predicted molar refractivity (Wildman–Crippen MR) is 44.9 cm³/mol. The molecule has 0 fully saturated rings. The molecule has 0 bridgehead atoms. The molecule has 0 amide bonds. The van der Waals surface area contributed by atoms with Gasteiger partial charge in [0.05, 0.1) is 0 Å². The second-order valence-electron chi connectivity index (χ2n) is 2.21. The highest BCUT2D eigenvalue weighted by atomic mass is 79.9. The molecule has 0 saturated heterocycles. The van der Waals surface area contributed by atoms with Crippen LogP contribution in [0, 0.1) is 0 Å². The first-order valence-electron chi connectivity index (χ1n) is 3.35. The first kappa shape index (κ1) is 7.07. The lowest BCUT2D eigenvalue weighted by molar-refractivity contribution is 0.945. The molecule has 0 unspecified atom stereocenters. The van der Waals surface area contributed by atoms with E-state index in [0.29, 0.717) is 0 Å². The Bertz CT molecular complexity index is 134. The van der Waals surface area contributed by atoms with Gasteiger partial charge in [0.25, 0.3) is 0 Å². The fourth-order valence-electron chi connectivity index (χ4n) is 0.963. The van der Waals surface area contributed by atoms with Crippen molar-refractivity contribution in [3.05, 3.63) is 23.8 Å². The molecule has 9 heavy (non-hydrogen) atoms. The average molecular weight is 187 g/mol. The van der Waals surface area contributed by atoms with Crippen LogP contribution in [0.2, 0.25) is 0 Å². The van der Waals surface area contributed by atoms with E-state index in [-0.39, 0.29) is 0 Å². The number of hydrogen-bond donors (Lipinski definition) is 0. The molecule has 0 radical (unpaired) electrons. The Morgan fingerprint density at radius 2 is 2.44 bits per heavy atom. The van der Waals surface area contributed by atoms with Crippen molar-refractivity contribution in [1.82, 2.24) is 0 Å². The predicted octanol–water partition coefficient (Wildman–Crippen LogP) is 3.05. The molecule has 0 spiro atoms. The Labute approximate surface area is 64.8 Å². The van der Waals surface area contributed by atoms with Gasteiger partial charge in [0, 0.05) is 5.33 Å². The maximum absolute atomic E-state index is 3.41. The van der Waals surface area contributed by atoms with Crippen molar-refractivity contribution < 1.29 is 0 Å². The lowest BCUT2D eigenvalue weighted by atomic mass is 10.2. The summed E-state index contributed by atoms with van der Waals surface area (Å²) >= 11 is 3.41. The van der Waals surface area contributed by atoms with Crippen molar-refractivity contribution in [3.63, 3.8) is 0 Å². The molecule has 0 heterocycles. The number of allylic oxidation sites excluding steroid dienone is 4. The average Bonchev–Trinajstić information content (AvgIpc) is 2.34. The largest absolute Gasteiger partial charge is 0.0928 e. The minimum Gasteiger partial charge on any atom is -0.0928 e. The van der Waals surface area contributed by atoms with Crippen molar-refractivity contribution in [1.29, 1.82) is 0 Å². The van der Waals surface area contributed by atoms with Gasteiger partial charge in [-0.1, -0.05) is 39.7 Å². The van der Waals surface area contributed by atoms with Crippen LogP contribution in [0.1, 0.15) is 19.3 Å². The van der Waals surface area contributed by atoms with E-state index in [1.54, 1.807) is 0 Å². The summed E-state index contributed by atoms with van der Waals surface area (Å²) in [5, 5.41) is 1.12. The van der Waals surface area contributed by atoms with Crippen LogP contribution in [-0.4, -0.2) is 5.33 Å². The molecule has 0 atom stereocenters. The van der Waals surface area contributed by atoms with Crippen LogP contribution in [0.25, 0.3) is 0 Å². The van der Waals surface area contributed by atoms with Gasteiger partial charge in [-0.3, -0.25) is 0 Å². The molecule has 0 nitrogen and oxygen atoms in total. The molecule has 50 valence electrons. The standard InChI is InChI=1S/C8H11Br/c9-7-3-6-8-4-1-2-5-8/h1,4-5H,2-3,6-7H2. The third kappa shape index (κ3) is 2.35. The SMILES string of the molecule is BrCCCC1=CCC=C1. The number of hydrogen-bond acceptors (Lipinski definition) is 0. The molecule has 1 heteroatoms. The zero-order valence-electron chi connectivity index (χ0n) is 5.44. The highest BCUT2D eigenvalue weighted by Crippen LogP contribution is 2.14. The summed E-state index contributed by atoms with van der Waals surface area (Å²) in [5.41, 5.74) is 1.51. The Morgan fingerprint density at radius 3 is 3.00 bits per heavy atom. The van der Waals surface area contributed by atoms with Crippen molar-refractivity contribution >= 4 is 15.9 Å². The van der Waals surface area contributed by atoms with Crippen LogP contribution in [0.3, 0.4) is 0 Å². The van der Waals surface area contributed by atoms with Gasteiger partial charge in [-0.15, -0.1) is 0 Å². The quantitative estimate of drug-likeness (QED) is 0.595. The molecule has 0 aromatic rings.